The Kier molecular flexibility index (Phi) is 9.24. The molecule has 0 atom stereocenters. The quantitative estimate of drug-likeness (QED) is 0.209. The number of rotatable bonds is 11. The molecule has 0 bridgehead atoms. The number of nitrogens with zero attached hydrogens (tertiary/aromatic N) is 2. The molecule has 0 aliphatic heterocycles. The molecule has 3 rings (SSSR count). The van der Waals surface area contributed by atoms with Crippen LogP contribution in [0.25, 0.3) is 11.4 Å². The monoisotopic (exact) mass is 499 g/mol. The molecule has 0 radical (unpaired) electrons. The number of hydrazine groups is 1. The Labute approximate surface area is 208 Å². The molecule has 0 aliphatic rings. The number of hydrogen-bond donors (Lipinski definition) is 3. The van der Waals surface area contributed by atoms with Gasteiger partial charge in [-0.1, -0.05) is 13.3 Å². The van der Waals surface area contributed by atoms with Crippen LogP contribution in [0.5, 0.6) is 17.2 Å². The SMILES string of the molecule is CCCCOc1ccc(C(=O)NNC(=O)CCn2c(-c3ccc(OC)cc3)n[nH]c2=S)cc1OC. The predicted molar refractivity (Wildman–Crippen MR) is 133 cm³/mol. The van der Waals surface area contributed by atoms with E-state index >= 15 is 0 Å². The van der Waals surface area contributed by atoms with E-state index in [-0.39, 0.29) is 18.9 Å². The number of amides is 2. The molecule has 0 unspecified atom stereocenters. The lowest BCUT2D eigenvalue weighted by atomic mass is 10.2. The minimum Gasteiger partial charge on any atom is -0.497 e. The highest BCUT2D eigenvalue weighted by Gasteiger charge is 2.14. The third-order valence-corrected chi connectivity index (χ3v) is 5.48. The molecule has 1 aromatic heterocycles. The number of aromatic nitrogens is 3. The molecule has 10 nitrogen and oxygen atoms in total. The summed E-state index contributed by atoms with van der Waals surface area (Å²) in [6.07, 6.45) is 2.01. The third-order valence-electron chi connectivity index (χ3n) is 5.17. The molecule has 0 saturated heterocycles. The topological polar surface area (TPSA) is 120 Å². The van der Waals surface area contributed by atoms with Gasteiger partial charge in [-0.05, 0) is 61.1 Å². The van der Waals surface area contributed by atoms with E-state index < -0.39 is 5.91 Å². The van der Waals surface area contributed by atoms with E-state index in [9.17, 15) is 9.59 Å². The van der Waals surface area contributed by atoms with Crippen LogP contribution >= 0.6 is 12.2 Å². The number of aromatic amines is 1. The summed E-state index contributed by atoms with van der Waals surface area (Å²) in [5.74, 6) is 1.47. The number of methoxy groups -OCH3 is 2. The summed E-state index contributed by atoms with van der Waals surface area (Å²) in [5, 5.41) is 7.01. The van der Waals surface area contributed by atoms with Crippen LogP contribution in [0, 0.1) is 4.77 Å². The highest BCUT2D eigenvalue weighted by molar-refractivity contribution is 7.71. The lowest BCUT2D eigenvalue weighted by Gasteiger charge is -2.13. The highest BCUT2D eigenvalue weighted by atomic mass is 32.1. The maximum absolute atomic E-state index is 12.5. The number of ether oxygens (including phenoxy) is 3. The fourth-order valence-electron chi connectivity index (χ4n) is 3.21. The van der Waals surface area contributed by atoms with E-state index in [0.717, 1.165) is 24.2 Å². The second-order valence-corrected chi connectivity index (χ2v) is 7.94. The zero-order chi connectivity index (χ0) is 25.2. The molecular formula is C24H29N5O5S. The summed E-state index contributed by atoms with van der Waals surface area (Å²) in [7, 11) is 3.10. The molecule has 0 spiro atoms. The van der Waals surface area contributed by atoms with Crippen LogP contribution in [-0.2, 0) is 11.3 Å². The van der Waals surface area contributed by atoms with Crippen molar-refractivity contribution >= 4 is 24.0 Å². The molecule has 2 aromatic carbocycles. The Hall–Kier alpha value is -3.86. The molecule has 0 aliphatic carbocycles. The average Bonchev–Trinajstić information content (AvgIpc) is 3.26. The van der Waals surface area contributed by atoms with Gasteiger partial charge in [0.2, 0.25) is 5.91 Å². The Bertz CT molecular complexity index is 1210. The summed E-state index contributed by atoms with van der Waals surface area (Å²) in [5.41, 5.74) is 5.99. The first-order valence-corrected chi connectivity index (χ1v) is 11.6. The van der Waals surface area contributed by atoms with Gasteiger partial charge in [0.1, 0.15) is 5.75 Å². The highest BCUT2D eigenvalue weighted by Crippen LogP contribution is 2.28. The number of carbonyl (C=O) groups is 2. The minimum atomic E-state index is -0.476. The van der Waals surface area contributed by atoms with Gasteiger partial charge in [0, 0.05) is 24.1 Å². The smallest absolute Gasteiger partial charge is 0.269 e. The van der Waals surface area contributed by atoms with E-state index in [1.165, 1.54) is 7.11 Å². The molecule has 0 fully saturated rings. The largest absolute Gasteiger partial charge is 0.497 e. The van der Waals surface area contributed by atoms with Gasteiger partial charge < -0.3 is 14.2 Å². The van der Waals surface area contributed by atoms with Crippen LogP contribution in [0.15, 0.2) is 42.5 Å². The van der Waals surface area contributed by atoms with Crippen molar-refractivity contribution in [1.82, 2.24) is 25.6 Å². The summed E-state index contributed by atoms with van der Waals surface area (Å²) < 4.78 is 18.3. The first-order valence-electron chi connectivity index (χ1n) is 11.2. The summed E-state index contributed by atoms with van der Waals surface area (Å²) in [6.45, 7) is 2.91. The zero-order valence-corrected chi connectivity index (χ0v) is 20.7. The van der Waals surface area contributed by atoms with Crippen molar-refractivity contribution in [2.45, 2.75) is 32.7 Å². The van der Waals surface area contributed by atoms with E-state index in [0.29, 0.717) is 34.3 Å². The number of H-pyrrole nitrogens is 1. The van der Waals surface area contributed by atoms with Crippen LogP contribution < -0.4 is 25.1 Å². The second kappa shape index (κ2) is 12.6. The van der Waals surface area contributed by atoms with Gasteiger partial charge in [-0.2, -0.15) is 5.10 Å². The fraction of sp³-hybridized carbons (Fsp3) is 0.333. The third kappa shape index (κ3) is 6.82. The van der Waals surface area contributed by atoms with Crippen LogP contribution in [0.1, 0.15) is 36.5 Å². The van der Waals surface area contributed by atoms with Gasteiger partial charge in [-0.25, -0.2) is 0 Å². The maximum atomic E-state index is 12.5. The average molecular weight is 500 g/mol. The normalized spacial score (nSPS) is 10.5. The van der Waals surface area contributed by atoms with Crippen molar-refractivity contribution < 1.29 is 23.8 Å². The number of benzene rings is 2. The summed E-state index contributed by atoms with van der Waals surface area (Å²) in [4.78, 5) is 24.9. The lowest BCUT2D eigenvalue weighted by Crippen LogP contribution is -2.41. The van der Waals surface area contributed by atoms with Gasteiger partial charge in [0.25, 0.3) is 5.91 Å². The maximum Gasteiger partial charge on any atom is 0.269 e. The van der Waals surface area contributed by atoms with E-state index in [4.69, 9.17) is 26.4 Å². The van der Waals surface area contributed by atoms with Crippen molar-refractivity contribution in [2.24, 2.45) is 0 Å². The number of nitrogens with one attached hydrogen (secondary N) is 3. The molecular weight excluding hydrogens is 470 g/mol. The molecule has 11 heteroatoms. The first kappa shape index (κ1) is 25.8. The molecule has 2 amide bonds. The Morgan fingerprint density at radius 1 is 1.06 bits per heavy atom. The van der Waals surface area contributed by atoms with Crippen LogP contribution in [-0.4, -0.2) is 47.4 Å². The van der Waals surface area contributed by atoms with E-state index in [2.05, 4.69) is 28.0 Å². The number of carbonyl (C=O) groups excluding carboxylic acids is 2. The van der Waals surface area contributed by atoms with Crippen LogP contribution in [0.3, 0.4) is 0 Å². The number of unbranched alkanes of at least 4 members (excludes halogenated alkanes) is 1. The minimum absolute atomic E-state index is 0.0742. The lowest BCUT2D eigenvalue weighted by molar-refractivity contribution is -0.122. The molecule has 1 heterocycles. The Morgan fingerprint density at radius 3 is 2.51 bits per heavy atom. The molecule has 0 saturated carbocycles. The van der Waals surface area contributed by atoms with Crippen molar-refractivity contribution in [3.05, 3.63) is 52.8 Å². The van der Waals surface area contributed by atoms with Crippen LogP contribution in [0.4, 0.5) is 0 Å². The Balaban J connectivity index is 1.56. The standard InChI is InChI=1S/C24H29N5O5S/c1-4-5-14-34-19-11-8-17(15-20(19)33-3)23(31)27-25-21(30)12-13-29-22(26-28-24(29)35)16-6-9-18(32-2)10-7-16/h6-11,15H,4-5,12-14H2,1-3H3,(H,25,30)(H,27,31)(H,28,35). The number of hydrogen-bond acceptors (Lipinski definition) is 7. The molecule has 186 valence electrons. The summed E-state index contributed by atoms with van der Waals surface area (Å²) in [6, 6.07) is 12.2. The molecule has 3 N–H and O–H groups in total. The van der Waals surface area contributed by atoms with Crippen LogP contribution in [0.2, 0.25) is 0 Å². The van der Waals surface area contributed by atoms with E-state index in [1.807, 2.05) is 24.3 Å². The van der Waals surface area contributed by atoms with Crippen molar-refractivity contribution in [1.29, 1.82) is 0 Å². The van der Waals surface area contributed by atoms with Crippen molar-refractivity contribution in [2.75, 3.05) is 20.8 Å². The van der Waals surface area contributed by atoms with Gasteiger partial charge in [-0.15, -0.1) is 0 Å². The molecule has 35 heavy (non-hydrogen) atoms. The van der Waals surface area contributed by atoms with Gasteiger partial charge in [0.05, 0.1) is 20.8 Å². The first-order chi connectivity index (χ1) is 17.0. The predicted octanol–water partition coefficient (Wildman–Crippen LogP) is 3.66. The molecule has 3 aromatic rings. The Morgan fingerprint density at radius 2 is 1.83 bits per heavy atom. The second-order valence-electron chi connectivity index (χ2n) is 7.55. The summed E-state index contributed by atoms with van der Waals surface area (Å²) >= 11 is 5.31. The van der Waals surface area contributed by atoms with Crippen molar-refractivity contribution in [3.63, 3.8) is 0 Å². The van der Waals surface area contributed by atoms with Gasteiger partial charge in [0.15, 0.2) is 22.1 Å². The fourth-order valence-corrected chi connectivity index (χ4v) is 3.44. The van der Waals surface area contributed by atoms with Gasteiger partial charge >= 0.3 is 0 Å². The van der Waals surface area contributed by atoms with E-state index in [1.54, 1.807) is 29.9 Å². The van der Waals surface area contributed by atoms with Crippen molar-refractivity contribution in [3.8, 4) is 28.6 Å². The van der Waals surface area contributed by atoms with Gasteiger partial charge in [-0.3, -0.25) is 30.1 Å². The zero-order valence-electron chi connectivity index (χ0n) is 19.9.